The average Bonchev–Trinajstić information content (AvgIpc) is 2.85. The van der Waals surface area contributed by atoms with Gasteiger partial charge in [-0.05, 0) is 40.9 Å². The van der Waals surface area contributed by atoms with Crippen LogP contribution in [0.4, 0.5) is 0 Å². The van der Waals surface area contributed by atoms with E-state index in [-0.39, 0.29) is 11.2 Å². The van der Waals surface area contributed by atoms with Crippen molar-refractivity contribution in [3.05, 3.63) is 15.9 Å². The van der Waals surface area contributed by atoms with Gasteiger partial charge in [-0.3, -0.25) is 4.57 Å². The number of hydrogen-bond donors (Lipinski definition) is 0. The third-order valence-electron chi connectivity index (χ3n) is 2.59. The summed E-state index contributed by atoms with van der Waals surface area (Å²) in [6, 6.07) is 3.91. The second-order valence-corrected chi connectivity index (χ2v) is 8.87. The Bertz CT molecular complexity index is 705. The Morgan fingerprint density at radius 1 is 1.39 bits per heavy atom. The number of hydrogen-bond acceptors (Lipinski definition) is 5. The van der Waals surface area contributed by atoms with Crippen molar-refractivity contribution in [2.75, 3.05) is 0 Å². The van der Waals surface area contributed by atoms with Gasteiger partial charge >= 0.3 is 0 Å². The maximum atomic E-state index is 11.5. The molecule has 0 atom stereocenters. The van der Waals surface area contributed by atoms with Gasteiger partial charge in [0.2, 0.25) is 0 Å². The molecule has 2 heterocycles. The lowest BCUT2D eigenvalue weighted by Crippen LogP contribution is -2.05. The molecule has 0 saturated heterocycles. The largest absolute Gasteiger partial charge is 0.296 e. The van der Waals surface area contributed by atoms with E-state index in [9.17, 15) is 8.42 Å². The van der Waals surface area contributed by atoms with Crippen LogP contribution in [0.2, 0.25) is 0 Å². The molecule has 0 spiro atoms. The maximum Gasteiger partial charge on any atom is 0.296 e. The zero-order chi connectivity index (χ0) is 12.9. The lowest BCUT2D eigenvalue weighted by molar-refractivity contribution is 0.579. The van der Waals surface area contributed by atoms with Gasteiger partial charge in [0.25, 0.3) is 14.2 Å². The van der Waals surface area contributed by atoms with Crippen molar-refractivity contribution in [3.8, 4) is 10.7 Å². The zero-order valence-corrected chi connectivity index (χ0v) is 12.9. The minimum absolute atomic E-state index is 0.138. The van der Waals surface area contributed by atoms with Gasteiger partial charge in [0.1, 0.15) is 0 Å². The third-order valence-corrected chi connectivity index (χ3v) is 5.34. The molecule has 1 aliphatic carbocycles. The summed E-state index contributed by atoms with van der Waals surface area (Å²) in [7, 11) is 1.52. The molecule has 1 fully saturated rings. The van der Waals surface area contributed by atoms with Crippen LogP contribution in [0.25, 0.3) is 10.7 Å². The first-order chi connectivity index (χ1) is 8.47. The highest BCUT2D eigenvalue weighted by Gasteiger charge is 2.34. The Hall–Kier alpha value is -0.440. The van der Waals surface area contributed by atoms with Gasteiger partial charge in [0.05, 0.1) is 8.66 Å². The molecule has 0 aliphatic heterocycles. The van der Waals surface area contributed by atoms with Gasteiger partial charge in [0.15, 0.2) is 5.82 Å². The lowest BCUT2D eigenvalue weighted by Gasteiger charge is -2.05. The van der Waals surface area contributed by atoms with E-state index in [1.807, 2.05) is 12.1 Å². The number of nitrogens with zero attached hydrogens (tertiary/aromatic N) is 3. The van der Waals surface area contributed by atoms with Gasteiger partial charge < -0.3 is 0 Å². The SMILES string of the molecule is O=S(=O)(Cl)c1nnc(-c2ccc(Br)s2)n1C1CC1. The summed E-state index contributed by atoms with van der Waals surface area (Å²) < 4.78 is 25.5. The Morgan fingerprint density at radius 3 is 2.61 bits per heavy atom. The van der Waals surface area contributed by atoms with Gasteiger partial charge in [0, 0.05) is 16.7 Å². The number of thiophene rings is 1. The van der Waals surface area contributed by atoms with Crippen molar-refractivity contribution < 1.29 is 8.42 Å². The first kappa shape index (κ1) is 12.6. The molecule has 0 radical (unpaired) electrons. The molecule has 1 aliphatic rings. The van der Waals surface area contributed by atoms with Crippen LogP contribution in [-0.2, 0) is 9.05 Å². The average molecular weight is 369 g/mol. The monoisotopic (exact) mass is 367 g/mol. The minimum atomic E-state index is -3.86. The standard InChI is InChI=1S/C9H7BrClN3O2S2/c10-7-4-3-6(17-7)8-12-13-9(18(11,15)16)14(8)5-1-2-5/h3-5H,1-2H2. The molecule has 9 heteroatoms. The highest BCUT2D eigenvalue weighted by atomic mass is 79.9. The van der Waals surface area contributed by atoms with Crippen LogP contribution in [0.15, 0.2) is 21.1 Å². The van der Waals surface area contributed by atoms with Crippen LogP contribution >= 0.6 is 37.9 Å². The molecule has 0 unspecified atom stereocenters. The number of aromatic nitrogens is 3. The molecular formula is C9H7BrClN3O2S2. The van der Waals surface area contributed by atoms with Crippen LogP contribution < -0.4 is 0 Å². The predicted octanol–water partition coefficient (Wildman–Crippen LogP) is 3.03. The summed E-state index contributed by atoms with van der Waals surface area (Å²) >= 11 is 4.85. The van der Waals surface area contributed by atoms with E-state index >= 15 is 0 Å². The molecule has 96 valence electrons. The van der Waals surface area contributed by atoms with Gasteiger partial charge in [-0.25, -0.2) is 8.42 Å². The van der Waals surface area contributed by atoms with E-state index in [4.69, 9.17) is 10.7 Å². The first-order valence-corrected chi connectivity index (χ1v) is 9.04. The van der Waals surface area contributed by atoms with Crippen molar-refractivity contribution in [1.82, 2.24) is 14.8 Å². The summed E-state index contributed by atoms with van der Waals surface area (Å²) in [6.45, 7) is 0. The van der Waals surface area contributed by atoms with Crippen LogP contribution in [0.5, 0.6) is 0 Å². The van der Waals surface area contributed by atoms with Crippen LogP contribution in [0.1, 0.15) is 18.9 Å². The maximum absolute atomic E-state index is 11.5. The molecular weight excluding hydrogens is 362 g/mol. The Kier molecular flexibility index (Phi) is 3.00. The second-order valence-electron chi connectivity index (χ2n) is 3.95. The fourth-order valence-electron chi connectivity index (χ4n) is 1.71. The molecule has 1 saturated carbocycles. The topological polar surface area (TPSA) is 64.8 Å². The van der Waals surface area contributed by atoms with Gasteiger partial charge in [-0.1, -0.05) is 0 Å². The van der Waals surface area contributed by atoms with Gasteiger partial charge in [-0.2, -0.15) is 0 Å². The summed E-state index contributed by atoms with van der Waals surface area (Å²) in [6.07, 6.45) is 1.86. The van der Waals surface area contributed by atoms with Crippen molar-refractivity contribution in [3.63, 3.8) is 0 Å². The lowest BCUT2D eigenvalue weighted by atomic mass is 10.4. The molecule has 0 bridgehead atoms. The van der Waals surface area contributed by atoms with E-state index in [2.05, 4.69) is 26.1 Å². The highest BCUT2D eigenvalue weighted by molar-refractivity contribution is 9.11. The molecule has 2 aromatic heterocycles. The Morgan fingerprint density at radius 2 is 2.11 bits per heavy atom. The second kappa shape index (κ2) is 4.29. The van der Waals surface area contributed by atoms with E-state index in [1.165, 1.54) is 11.3 Å². The van der Waals surface area contributed by atoms with Crippen molar-refractivity contribution >= 4 is 47.0 Å². The molecule has 0 N–H and O–H groups in total. The molecule has 2 aromatic rings. The van der Waals surface area contributed by atoms with E-state index < -0.39 is 9.05 Å². The predicted molar refractivity (Wildman–Crippen MR) is 72.3 cm³/mol. The number of rotatable bonds is 3. The normalized spacial score (nSPS) is 16.1. The van der Waals surface area contributed by atoms with Gasteiger partial charge in [-0.15, -0.1) is 21.5 Å². The molecule has 0 amide bonds. The van der Waals surface area contributed by atoms with Crippen LogP contribution in [-0.4, -0.2) is 23.2 Å². The quantitative estimate of drug-likeness (QED) is 0.781. The number of halogens is 2. The zero-order valence-electron chi connectivity index (χ0n) is 8.88. The third kappa shape index (κ3) is 2.22. The highest BCUT2D eigenvalue weighted by Crippen LogP contribution is 2.42. The summed E-state index contributed by atoms with van der Waals surface area (Å²) in [5.41, 5.74) is 0. The van der Waals surface area contributed by atoms with E-state index in [1.54, 1.807) is 4.57 Å². The van der Waals surface area contributed by atoms with E-state index in [0.29, 0.717) is 5.82 Å². The molecule has 3 rings (SSSR count). The minimum Gasteiger partial charge on any atom is -0.293 e. The fourth-order valence-corrected chi connectivity index (χ4v) is 4.00. The molecule has 0 aromatic carbocycles. The van der Waals surface area contributed by atoms with Crippen LogP contribution in [0, 0.1) is 0 Å². The van der Waals surface area contributed by atoms with Crippen LogP contribution in [0.3, 0.4) is 0 Å². The van der Waals surface area contributed by atoms with E-state index in [0.717, 1.165) is 21.5 Å². The van der Waals surface area contributed by atoms with Crippen molar-refractivity contribution in [2.24, 2.45) is 0 Å². The molecule has 5 nitrogen and oxygen atoms in total. The van der Waals surface area contributed by atoms with Crippen molar-refractivity contribution in [1.29, 1.82) is 0 Å². The first-order valence-electron chi connectivity index (χ1n) is 5.12. The summed E-state index contributed by atoms with van der Waals surface area (Å²) in [5, 5.41) is 7.52. The smallest absolute Gasteiger partial charge is 0.293 e. The summed E-state index contributed by atoms with van der Waals surface area (Å²) in [5.74, 6) is 0.562. The Labute approximate surface area is 120 Å². The Balaban J connectivity index is 2.19. The summed E-state index contributed by atoms with van der Waals surface area (Å²) in [4.78, 5) is 0.868. The van der Waals surface area contributed by atoms with Crippen molar-refractivity contribution in [2.45, 2.75) is 24.0 Å². The molecule has 18 heavy (non-hydrogen) atoms. The fraction of sp³-hybridized carbons (Fsp3) is 0.333.